The van der Waals surface area contributed by atoms with Gasteiger partial charge in [0.05, 0.1) is 11.4 Å². The van der Waals surface area contributed by atoms with Crippen molar-refractivity contribution in [1.29, 1.82) is 0 Å². The number of benzene rings is 2. The second-order valence-electron chi connectivity index (χ2n) is 7.49. The first kappa shape index (κ1) is 21.1. The van der Waals surface area contributed by atoms with Crippen LogP contribution in [0.2, 0.25) is 5.02 Å². The maximum atomic E-state index is 13.1. The van der Waals surface area contributed by atoms with E-state index in [9.17, 15) is 4.79 Å². The minimum atomic E-state index is -0.167. The van der Waals surface area contributed by atoms with Crippen LogP contribution in [-0.2, 0) is 0 Å². The van der Waals surface area contributed by atoms with Crippen LogP contribution in [0.4, 0.5) is 0 Å². The number of hydrogen-bond donors (Lipinski definition) is 1. The molecule has 0 atom stereocenters. The van der Waals surface area contributed by atoms with E-state index in [2.05, 4.69) is 17.3 Å². The van der Waals surface area contributed by atoms with Crippen molar-refractivity contribution >= 4 is 23.2 Å². The minimum Gasteiger partial charge on any atom is -0.351 e. The van der Waals surface area contributed by atoms with Crippen LogP contribution in [0, 0.1) is 0 Å². The van der Waals surface area contributed by atoms with E-state index in [1.54, 1.807) is 10.6 Å². The second kappa shape index (κ2) is 9.75. The van der Waals surface area contributed by atoms with E-state index in [4.69, 9.17) is 16.6 Å². The van der Waals surface area contributed by atoms with Crippen molar-refractivity contribution in [3.63, 3.8) is 0 Å². The molecule has 0 saturated heterocycles. The fourth-order valence-electron chi connectivity index (χ4n) is 3.54. The van der Waals surface area contributed by atoms with E-state index < -0.39 is 0 Å². The third kappa shape index (κ3) is 4.78. The van der Waals surface area contributed by atoms with Gasteiger partial charge in [-0.05, 0) is 18.6 Å². The first-order chi connectivity index (χ1) is 15.2. The molecule has 0 aliphatic rings. The second-order valence-corrected chi connectivity index (χ2v) is 7.90. The third-order valence-electron chi connectivity index (χ3n) is 5.20. The largest absolute Gasteiger partial charge is 0.351 e. The van der Waals surface area contributed by atoms with Gasteiger partial charge in [-0.3, -0.25) is 4.79 Å². The van der Waals surface area contributed by atoms with Gasteiger partial charge in [-0.15, -0.1) is 0 Å². The van der Waals surface area contributed by atoms with Gasteiger partial charge in [0.15, 0.2) is 5.65 Å². The molecular weight excluding hydrogens is 408 g/mol. The van der Waals surface area contributed by atoms with E-state index in [0.717, 1.165) is 36.1 Å². The first-order valence-electron chi connectivity index (χ1n) is 10.7. The lowest BCUT2D eigenvalue weighted by atomic mass is 10.1. The SMILES string of the molecule is CCCCCCNC(=O)c1cc(-c2ccccc2Cl)nc2cc(-c3ccccc3)nn12. The molecule has 2 heterocycles. The monoisotopic (exact) mass is 432 g/mol. The van der Waals surface area contributed by atoms with Crippen LogP contribution < -0.4 is 5.32 Å². The molecule has 0 radical (unpaired) electrons. The highest BCUT2D eigenvalue weighted by atomic mass is 35.5. The normalized spacial score (nSPS) is 11.0. The highest BCUT2D eigenvalue weighted by Crippen LogP contribution is 2.28. The summed E-state index contributed by atoms with van der Waals surface area (Å²) in [5.41, 5.74) is 4.21. The van der Waals surface area contributed by atoms with Gasteiger partial charge < -0.3 is 5.32 Å². The Balaban J connectivity index is 1.75. The number of amides is 1. The van der Waals surface area contributed by atoms with Crippen LogP contribution in [0.5, 0.6) is 0 Å². The Bertz CT molecular complexity index is 1190. The van der Waals surface area contributed by atoms with Gasteiger partial charge >= 0.3 is 0 Å². The summed E-state index contributed by atoms with van der Waals surface area (Å²) in [6.45, 7) is 2.81. The van der Waals surface area contributed by atoms with Crippen LogP contribution in [0.25, 0.3) is 28.2 Å². The zero-order chi connectivity index (χ0) is 21.6. The Morgan fingerprint density at radius 3 is 2.52 bits per heavy atom. The molecule has 158 valence electrons. The number of fused-ring (bicyclic) bond motifs is 1. The molecule has 0 fully saturated rings. The van der Waals surface area contributed by atoms with Gasteiger partial charge in [0.25, 0.3) is 5.91 Å². The number of nitrogens with zero attached hydrogens (tertiary/aromatic N) is 3. The standard InChI is InChI=1S/C25H25ClN4O/c1-2-3-4-10-15-27-25(31)23-16-22(19-13-8-9-14-20(19)26)28-24-17-21(29-30(23)24)18-11-6-5-7-12-18/h5-9,11-14,16-17H,2-4,10,15H2,1H3,(H,27,31). The van der Waals surface area contributed by atoms with E-state index >= 15 is 0 Å². The van der Waals surface area contributed by atoms with Crippen LogP contribution in [0.1, 0.15) is 43.1 Å². The van der Waals surface area contributed by atoms with E-state index in [1.165, 1.54) is 6.42 Å². The summed E-state index contributed by atoms with van der Waals surface area (Å²) in [5.74, 6) is -0.167. The van der Waals surface area contributed by atoms with Gasteiger partial charge in [0.2, 0.25) is 0 Å². The lowest BCUT2D eigenvalue weighted by molar-refractivity contribution is 0.0945. The Kier molecular flexibility index (Phi) is 6.63. The number of carbonyl (C=O) groups is 1. The lowest BCUT2D eigenvalue weighted by Gasteiger charge is -2.10. The number of hydrogen-bond acceptors (Lipinski definition) is 3. The Labute approximate surface area is 187 Å². The van der Waals surface area contributed by atoms with Gasteiger partial charge in [-0.2, -0.15) is 5.10 Å². The molecule has 2 aromatic carbocycles. The summed E-state index contributed by atoms with van der Waals surface area (Å²) in [7, 11) is 0. The third-order valence-corrected chi connectivity index (χ3v) is 5.52. The van der Waals surface area contributed by atoms with Crippen LogP contribution in [0.15, 0.2) is 66.7 Å². The molecule has 0 saturated carbocycles. The predicted octanol–water partition coefficient (Wildman–Crippen LogP) is 6.03. The van der Waals surface area contributed by atoms with Gasteiger partial charge in [0.1, 0.15) is 5.69 Å². The molecule has 4 aromatic rings. The highest BCUT2D eigenvalue weighted by Gasteiger charge is 2.18. The zero-order valence-electron chi connectivity index (χ0n) is 17.5. The zero-order valence-corrected chi connectivity index (χ0v) is 18.3. The van der Waals surface area contributed by atoms with Crippen molar-refractivity contribution in [1.82, 2.24) is 19.9 Å². The highest BCUT2D eigenvalue weighted by molar-refractivity contribution is 6.33. The number of aromatic nitrogens is 3. The topological polar surface area (TPSA) is 59.3 Å². The fourth-order valence-corrected chi connectivity index (χ4v) is 3.77. The quantitative estimate of drug-likeness (QED) is 0.346. The molecule has 31 heavy (non-hydrogen) atoms. The maximum Gasteiger partial charge on any atom is 0.270 e. The van der Waals surface area contributed by atoms with Gasteiger partial charge in [-0.25, -0.2) is 9.50 Å². The van der Waals surface area contributed by atoms with E-state index in [0.29, 0.717) is 28.6 Å². The lowest BCUT2D eigenvalue weighted by Crippen LogP contribution is -2.27. The summed E-state index contributed by atoms with van der Waals surface area (Å²) in [6.07, 6.45) is 4.40. The molecule has 6 heteroatoms. The molecule has 0 unspecified atom stereocenters. The fraction of sp³-hybridized carbons (Fsp3) is 0.240. The summed E-state index contributed by atoms with van der Waals surface area (Å²) in [6, 6.07) is 21.0. The number of carbonyl (C=O) groups excluding carboxylic acids is 1. The average Bonchev–Trinajstić information content (AvgIpc) is 3.23. The first-order valence-corrected chi connectivity index (χ1v) is 11.0. The number of rotatable bonds is 8. The van der Waals surface area contributed by atoms with Crippen molar-refractivity contribution in [2.75, 3.05) is 6.54 Å². The molecule has 5 nitrogen and oxygen atoms in total. The van der Waals surface area contributed by atoms with Crippen LogP contribution in [0.3, 0.4) is 0 Å². The minimum absolute atomic E-state index is 0.167. The Morgan fingerprint density at radius 2 is 1.74 bits per heavy atom. The summed E-state index contributed by atoms with van der Waals surface area (Å²) in [4.78, 5) is 17.8. The van der Waals surface area contributed by atoms with Crippen molar-refractivity contribution in [2.24, 2.45) is 0 Å². The van der Waals surface area contributed by atoms with Crippen molar-refractivity contribution < 1.29 is 4.79 Å². The number of halogens is 1. The molecule has 1 N–H and O–H groups in total. The van der Waals surface area contributed by atoms with Gasteiger partial charge in [0, 0.05) is 28.8 Å². The molecule has 1 amide bonds. The number of nitrogens with one attached hydrogen (secondary N) is 1. The summed E-state index contributed by atoms with van der Waals surface area (Å²) in [5, 5.41) is 8.30. The Morgan fingerprint density at radius 1 is 0.968 bits per heavy atom. The van der Waals surface area contributed by atoms with Crippen molar-refractivity contribution in [3.8, 4) is 22.5 Å². The molecule has 4 rings (SSSR count). The van der Waals surface area contributed by atoms with E-state index in [-0.39, 0.29) is 5.91 Å². The molecule has 0 aliphatic carbocycles. The molecule has 0 spiro atoms. The average molecular weight is 433 g/mol. The van der Waals surface area contributed by atoms with Crippen molar-refractivity contribution in [2.45, 2.75) is 32.6 Å². The number of unbranched alkanes of at least 4 members (excludes halogenated alkanes) is 3. The van der Waals surface area contributed by atoms with Crippen LogP contribution in [-0.4, -0.2) is 27.0 Å². The smallest absolute Gasteiger partial charge is 0.270 e. The van der Waals surface area contributed by atoms with E-state index in [1.807, 2.05) is 60.7 Å². The van der Waals surface area contributed by atoms with Crippen LogP contribution >= 0.6 is 11.6 Å². The van der Waals surface area contributed by atoms with Crippen molar-refractivity contribution in [3.05, 3.63) is 77.4 Å². The Hall–Kier alpha value is -3.18. The summed E-state index contributed by atoms with van der Waals surface area (Å²) >= 11 is 6.41. The molecular formula is C25H25ClN4O. The molecule has 0 bridgehead atoms. The molecule has 0 aliphatic heterocycles. The maximum absolute atomic E-state index is 13.1. The van der Waals surface area contributed by atoms with Gasteiger partial charge in [-0.1, -0.05) is 86.3 Å². The predicted molar refractivity (Wildman–Crippen MR) is 125 cm³/mol. The summed E-state index contributed by atoms with van der Waals surface area (Å²) < 4.78 is 1.62. The molecule has 2 aromatic heterocycles.